The molecule has 0 saturated carbocycles. The lowest BCUT2D eigenvalue weighted by Crippen LogP contribution is -2.28. The first-order valence-corrected chi connectivity index (χ1v) is 41.5. The maximum atomic E-state index is 2.34. The van der Waals surface area contributed by atoms with Gasteiger partial charge in [-0.05, 0) is 234 Å². The van der Waals surface area contributed by atoms with E-state index in [0.717, 1.165) is 34.1 Å². The number of hydrogen-bond acceptors (Lipinski definition) is 2. The summed E-state index contributed by atoms with van der Waals surface area (Å²) in [6, 6.07) is 182. The van der Waals surface area contributed by atoms with Crippen LogP contribution >= 0.6 is 0 Å². The number of benzene rings is 20. The van der Waals surface area contributed by atoms with E-state index in [2.05, 4.69) is 507 Å². The molecule has 0 amide bonds. The van der Waals surface area contributed by atoms with Crippen LogP contribution < -0.4 is 9.80 Å². The zero-order valence-electron chi connectivity index (χ0n) is 66.2. The van der Waals surface area contributed by atoms with Crippen molar-refractivity contribution in [3.8, 4) is 89.0 Å². The van der Waals surface area contributed by atoms with E-state index in [9.17, 15) is 0 Å². The second-order valence-corrected chi connectivity index (χ2v) is 31.3. The van der Waals surface area contributed by atoms with Crippen molar-refractivity contribution in [2.45, 2.75) is 10.8 Å². The van der Waals surface area contributed by atoms with Crippen molar-refractivity contribution in [1.29, 1.82) is 0 Å². The summed E-state index contributed by atoms with van der Waals surface area (Å²) in [6.07, 6.45) is 0. The van der Waals surface area contributed by atoms with Crippen molar-refractivity contribution in [3.05, 3.63) is 542 Å². The maximum absolute atomic E-state index is 2.34. The van der Waals surface area contributed by atoms with Gasteiger partial charge in [0, 0.05) is 34.1 Å². The van der Waals surface area contributed by atoms with Gasteiger partial charge in [0.2, 0.25) is 0 Å². The Kier molecular flexibility index (Phi) is 18.8. The Hall–Kier alpha value is -15.5. The van der Waals surface area contributed by atoms with Crippen LogP contribution in [0.5, 0.6) is 0 Å². The summed E-state index contributed by atoms with van der Waals surface area (Å²) in [5.74, 6) is 0. The summed E-state index contributed by atoms with van der Waals surface area (Å²) in [4.78, 5) is 4.69. The second-order valence-electron chi connectivity index (χ2n) is 31.3. The lowest BCUT2D eigenvalue weighted by atomic mass is 9.67. The van der Waals surface area contributed by atoms with Crippen LogP contribution in [0.4, 0.5) is 34.1 Å². The summed E-state index contributed by atoms with van der Waals surface area (Å²) in [6.45, 7) is 0. The lowest BCUT2D eigenvalue weighted by molar-refractivity contribution is 0.768. The van der Waals surface area contributed by atoms with Gasteiger partial charge in [0.1, 0.15) is 0 Å². The van der Waals surface area contributed by atoms with Crippen LogP contribution in [0.1, 0.15) is 44.5 Å². The average molecular weight is 1530 g/mol. The molecule has 2 nitrogen and oxygen atoms in total. The van der Waals surface area contributed by atoms with Crippen molar-refractivity contribution < 1.29 is 0 Å². The fourth-order valence-electron chi connectivity index (χ4n) is 19.2. The molecule has 120 heavy (non-hydrogen) atoms. The molecule has 20 aromatic rings. The highest BCUT2D eigenvalue weighted by Gasteiger charge is 2.48. The molecule has 0 unspecified atom stereocenters. The molecular weight excluding hydrogens is 1450 g/mol. The fourth-order valence-corrected chi connectivity index (χ4v) is 19.2. The Balaban J connectivity index is 0.000000148. The van der Waals surface area contributed by atoms with Gasteiger partial charge in [0.25, 0.3) is 0 Å². The highest BCUT2D eigenvalue weighted by molar-refractivity contribution is 6.00. The van der Waals surface area contributed by atoms with Crippen molar-refractivity contribution in [3.63, 3.8) is 0 Å². The Bertz CT molecular complexity index is 6960. The van der Waals surface area contributed by atoms with E-state index in [1.54, 1.807) is 0 Å². The van der Waals surface area contributed by atoms with Gasteiger partial charge in [-0.1, -0.05) is 419 Å². The molecule has 0 bridgehead atoms. The van der Waals surface area contributed by atoms with E-state index in [1.165, 1.54) is 155 Å². The normalized spacial score (nSPS) is 12.5. The minimum absolute atomic E-state index is 0.431. The Morgan fingerprint density at radius 2 is 0.392 bits per heavy atom. The highest BCUT2D eigenvalue weighted by atomic mass is 15.1. The van der Waals surface area contributed by atoms with Gasteiger partial charge < -0.3 is 9.80 Å². The number of anilines is 6. The molecule has 2 aliphatic carbocycles. The third-order valence-electron chi connectivity index (χ3n) is 24.7. The molecule has 0 spiro atoms. The SMILES string of the molecule is c1ccc(N(c2ccc(-c3ccc(-c4ccc5ccccc5c4)cc3)cc2)c2ccc(-c3cccc4c3-c3ccccc3C4(c3ccccc3)c3ccccc3)cc2)cc1.c1ccc(N(c2ccc(-c3ccc(-c4cccc5ccccc45)cc3)cc2)c2ccc(-c3cccc4c3-c3ccccc3C4(c3ccccc3)c3ccccc3)cc2)cc1. The molecule has 0 fully saturated rings. The molecule has 2 heteroatoms. The number of hydrogen-bond donors (Lipinski definition) is 0. The van der Waals surface area contributed by atoms with E-state index in [-0.39, 0.29) is 0 Å². The molecule has 0 N–H and O–H groups in total. The van der Waals surface area contributed by atoms with E-state index in [0.29, 0.717) is 0 Å². The Morgan fingerprint density at radius 1 is 0.142 bits per heavy atom. The quantitative estimate of drug-likeness (QED) is 0.0951. The molecule has 0 atom stereocenters. The standard InChI is InChI=1S/2C59H41N/c1-4-18-47(19-5-1)59(48-20-6-2-7-21-48)56-28-13-12-25-55(56)58-54(27-15-29-57(58)59)46-36-40-51(41-37-46)60(49-22-8-3-9-23-49)50-38-34-43(35-39-50)42-30-32-45(33-31-42)53-26-14-17-44-16-10-11-24-52(44)53;1-4-17-49(18-5-1)59(50-19-6-2-7-20-50)56-25-13-12-23-55(56)58-54(24-14-26-57(58)59)46-35-39-53(40-36-46)60(51-21-8-3-9-22-51)52-37-33-44(34-38-52)43-27-29-45(30-28-43)48-32-31-42-15-10-11-16-47(42)41-48/h2*1-41H. The minimum Gasteiger partial charge on any atom is -0.311 e. The first-order chi connectivity index (χ1) is 59.5. The van der Waals surface area contributed by atoms with Crippen LogP contribution in [0.3, 0.4) is 0 Å². The van der Waals surface area contributed by atoms with Crippen LogP contribution in [0, 0.1) is 0 Å². The summed E-state index contributed by atoms with van der Waals surface area (Å²) >= 11 is 0. The first kappa shape index (κ1) is 72.2. The van der Waals surface area contributed by atoms with Crippen LogP contribution in [0.2, 0.25) is 0 Å². The summed E-state index contributed by atoms with van der Waals surface area (Å²) in [7, 11) is 0. The largest absolute Gasteiger partial charge is 0.311 e. The monoisotopic (exact) mass is 1530 g/mol. The number of nitrogens with zero attached hydrogens (tertiary/aromatic N) is 2. The molecule has 22 rings (SSSR count). The van der Waals surface area contributed by atoms with E-state index >= 15 is 0 Å². The zero-order chi connectivity index (χ0) is 79.8. The smallest absolute Gasteiger partial charge is 0.0713 e. The molecule has 2 aliphatic rings. The van der Waals surface area contributed by atoms with E-state index in [4.69, 9.17) is 0 Å². The van der Waals surface area contributed by atoms with Gasteiger partial charge in [-0.25, -0.2) is 0 Å². The van der Waals surface area contributed by atoms with Gasteiger partial charge in [-0.3, -0.25) is 0 Å². The molecule has 0 heterocycles. The van der Waals surface area contributed by atoms with Crippen LogP contribution in [0.25, 0.3) is 111 Å². The summed E-state index contributed by atoms with van der Waals surface area (Å²) in [5.41, 5.74) is 35.9. The predicted molar refractivity (Wildman–Crippen MR) is 504 cm³/mol. The van der Waals surface area contributed by atoms with Gasteiger partial charge >= 0.3 is 0 Å². The molecule has 0 aliphatic heterocycles. The predicted octanol–water partition coefficient (Wildman–Crippen LogP) is 31.3. The second kappa shape index (κ2) is 31.3. The van der Waals surface area contributed by atoms with E-state index in [1.807, 2.05) is 0 Å². The fraction of sp³-hybridized carbons (Fsp3) is 0.0169. The van der Waals surface area contributed by atoms with Crippen molar-refractivity contribution in [1.82, 2.24) is 0 Å². The lowest BCUT2D eigenvalue weighted by Gasteiger charge is -2.34. The molecule has 20 aromatic carbocycles. The zero-order valence-corrected chi connectivity index (χ0v) is 66.2. The van der Waals surface area contributed by atoms with Crippen molar-refractivity contribution in [2.75, 3.05) is 9.80 Å². The van der Waals surface area contributed by atoms with Gasteiger partial charge in [-0.2, -0.15) is 0 Å². The van der Waals surface area contributed by atoms with Crippen molar-refractivity contribution in [2.24, 2.45) is 0 Å². The topological polar surface area (TPSA) is 6.48 Å². The van der Waals surface area contributed by atoms with Crippen LogP contribution in [-0.2, 0) is 10.8 Å². The van der Waals surface area contributed by atoms with Gasteiger partial charge in [0.15, 0.2) is 0 Å². The van der Waals surface area contributed by atoms with Gasteiger partial charge in [0.05, 0.1) is 10.8 Å². The summed E-state index contributed by atoms with van der Waals surface area (Å²) < 4.78 is 0. The number of rotatable bonds is 16. The number of fused-ring (bicyclic) bond motifs is 8. The highest BCUT2D eigenvalue weighted by Crippen LogP contribution is 2.61. The van der Waals surface area contributed by atoms with Crippen LogP contribution in [0.15, 0.2) is 497 Å². The molecule has 0 aromatic heterocycles. The van der Waals surface area contributed by atoms with Crippen LogP contribution in [-0.4, -0.2) is 0 Å². The molecular formula is C118H82N2. The Labute approximate surface area is 702 Å². The maximum Gasteiger partial charge on any atom is 0.0713 e. The minimum atomic E-state index is -0.431. The molecule has 0 saturated heterocycles. The van der Waals surface area contributed by atoms with Crippen molar-refractivity contribution >= 4 is 55.7 Å². The number of para-hydroxylation sites is 2. The molecule has 0 radical (unpaired) electrons. The third kappa shape index (κ3) is 12.8. The molecule has 564 valence electrons. The van der Waals surface area contributed by atoms with Gasteiger partial charge in [-0.15, -0.1) is 0 Å². The third-order valence-corrected chi connectivity index (χ3v) is 24.7. The summed E-state index contributed by atoms with van der Waals surface area (Å²) in [5, 5.41) is 5.06. The first-order valence-electron chi connectivity index (χ1n) is 41.5. The Morgan fingerprint density at radius 3 is 0.800 bits per heavy atom. The van der Waals surface area contributed by atoms with E-state index < -0.39 is 10.8 Å². The average Bonchev–Trinajstić information content (AvgIpc) is 1.54.